The van der Waals surface area contributed by atoms with E-state index >= 15 is 0 Å². The minimum Gasteiger partial charge on any atom is -0.480 e. The van der Waals surface area contributed by atoms with Crippen LogP contribution in [-0.4, -0.2) is 28.1 Å². The van der Waals surface area contributed by atoms with Crippen LogP contribution in [0, 0.1) is 10.1 Å². The van der Waals surface area contributed by atoms with E-state index in [0.29, 0.717) is 16.3 Å². The van der Waals surface area contributed by atoms with Gasteiger partial charge in [0.15, 0.2) is 0 Å². The molecule has 0 bridgehead atoms. The first-order valence-corrected chi connectivity index (χ1v) is 8.81. The van der Waals surface area contributed by atoms with Crippen molar-refractivity contribution in [3.05, 3.63) is 62.1 Å². The van der Waals surface area contributed by atoms with Crippen LogP contribution in [0.5, 0.6) is 0 Å². The number of nitrogens with one attached hydrogen (secondary N) is 3. The van der Waals surface area contributed by atoms with Gasteiger partial charge >= 0.3 is 12.0 Å². The summed E-state index contributed by atoms with van der Waals surface area (Å²) < 4.78 is 0. The van der Waals surface area contributed by atoms with Crippen molar-refractivity contribution >= 4 is 52.3 Å². The van der Waals surface area contributed by atoms with E-state index in [1.165, 1.54) is 30.3 Å². The fourth-order valence-corrected chi connectivity index (χ4v) is 3.63. The first-order chi connectivity index (χ1) is 13.3. The first kappa shape index (κ1) is 19.7. The topological polar surface area (TPSA) is 134 Å². The summed E-state index contributed by atoms with van der Waals surface area (Å²) in [5.41, 5.74) is 0.626. The Kier molecular flexibility index (Phi) is 5.57. The molecule has 0 aliphatic carbocycles. The molecular formula is C17H14Cl2N4O5. The van der Waals surface area contributed by atoms with E-state index in [4.69, 9.17) is 23.2 Å². The SMILES string of the molecule is O=C(Nc1ccccc1[N+](=O)[O-])NC1CC(C(=O)O)Nc2cc(Cl)cc(Cl)c21. The van der Waals surface area contributed by atoms with E-state index in [-0.39, 0.29) is 22.8 Å². The van der Waals surface area contributed by atoms with E-state index in [2.05, 4.69) is 16.0 Å². The number of aliphatic carboxylic acids is 1. The molecule has 1 aliphatic rings. The molecule has 2 aromatic rings. The summed E-state index contributed by atoms with van der Waals surface area (Å²) >= 11 is 12.2. The number of urea groups is 1. The Balaban J connectivity index is 1.86. The number of nitro groups is 1. The molecule has 3 rings (SSSR count). The predicted molar refractivity (Wildman–Crippen MR) is 104 cm³/mol. The molecule has 2 aromatic carbocycles. The van der Waals surface area contributed by atoms with Gasteiger partial charge in [-0.3, -0.25) is 10.1 Å². The fraction of sp³-hybridized carbons (Fsp3) is 0.176. The molecule has 4 N–H and O–H groups in total. The van der Waals surface area contributed by atoms with Gasteiger partial charge in [-0.1, -0.05) is 35.3 Å². The lowest BCUT2D eigenvalue weighted by Gasteiger charge is -2.32. The van der Waals surface area contributed by atoms with Crippen LogP contribution < -0.4 is 16.0 Å². The molecule has 2 amide bonds. The van der Waals surface area contributed by atoms with E-state index in [0.717, 1.165) is 0 Å². The molecule has 0 fully saturated rings. The summed E-state index contributed by atoms with van der Waals surface area (Å²) in [6.07, 6.45) is 0.0218. The number of benzene rings is 2. The van der Waals surface area contributed by atoms with Crippen LogP contribution in [-0.2, 0) is 4.79 Å². The Morgan fingerprint density at radius 3 is 2.64 bits per heavy atom. The number of carbonyl (C=O) groups is 2. The molecule has 11 heteroatoms. The van der Waals surface area contributed by atoms with Crippen LogP contribution >= 0.6 is 23.2 Å². The lowest BCUT2D eigenvalue weighted by molar-refractivity contribution is -0.383. The highest BCUT2D eigenvalue weighted by atomic mass is 35.5. The second-order valence-electron chi connectivity index (χ2n) is 6.05. The van der Waals surface area contributed by atoms with Crippen LogP contribution in [0.3, 0.4) is 0 Å². The first-order valence-electron chi connectivity index (χ1n) is 8.05. The summed E-state index contributed by atoms with van der Waals surface area (Å²) in [6.45, 7) is 0. The largest absolute Gasteiger partial charge is 0.480 e. The number of carboxylic acids is 1. The number of anilines is 2. The lowest BCUT2D eigenvalue weighted by atomic mass is 9.93. The summed E-state index contributed by atoms with van der Waals surface area (Å²) in [5.74, 6) is -1.10. The van der Waals surface area contributed by atoms with Crippen molar-refractivity contribution in [3.8, 4) is 0 Å². The number of carbonyl (C=O) groups excluding carboxylic acids is 1. The minimum absolute atomic E-state index is 0.0103. The molecule has 2 atom stereocenters. The van der Waals surface area contributed by atoms with Gasteiger partial charge in [0.2, 0.25) is 0 Å². The van der Waals surface area contributed by atoms with Gasteiger partial charge in [-0.05, 0) is 18.2 Å². The Morgan fingerprint density at radius 1 is 1.25 bits per heavy atom. The molecule has 1 aliphatic heterocycles. The highest BCUT2D eigenvalue weighted by molar-refractivity contribution is 6.35. The van der Waals surface area contributed by atoms with E-state index < -0.39 is 29.0 Å². The van der Waals surface area contributed by atoms with Crippen LogP contribution in [0.15, 0.2) is 36.4 Å². The number of amides is 2. The zero-order chi connectivity index (χ0) is 20.4. The summed E-state index contributed by atoms with van der Waals surface area (Å²) in [5, 5.41) is 28.9. The van der Waals surface area contributed by atoms with Crippen LogP contribution in [0.1, 0.15) is 18.0 Å². The zero-order valence-electron chi connectivity index (χ0n) is 14.1. The third kappa shape index (κ3) is 4.10. The normalized spacial score (nSPS) is 17.8. The summed E-state index contributed by atoms with van der Waals surface area (Å²) in [4.78, 5) is 34.3. The van der Waals surface area contributed by atoms with E-state index in [1.54, 1.807) is 6.07 Å². The summed E-state index contributed by atoms with van der Waals surface area (Å²) in [7, 11) is 0. The molecule has 1 heterocycles. The van der Waals surface area contributed by atoms with Crippen molar-refractivity contribution in [1.82, 2.24) is 5.32 Å². The predicted octanol–water partition coefficient (Wildman–Crippen LogP) is 4.03. The van der Waals surface area contributed by atoms with Crippen LogP contribution in [0.4, 0.5) is 21.9 Å². The number of fused-ring (bicyclic) bond motifs is 1. The summed E-state index contributed by atoms with van der Waals surface area (Å²) in [6, 6.07) is 6.22. The van der Waals surface area contributed by atoms with Crippen LogP contribution in [0.2, 0.25) is 10.0 Å². The Hall–Kier alpha value is -3.04. The third-order valence-corrected chi connectivity index (χ3v) is 4.73. The Morgan fingerprint density at radius 2 is 1.96 bits per heavy atom. The minimum atomic E-state index is -1.10. The fourth-order valence-electron chi connectivity index (χ4n) is 3.01. The van der Waals surface area contributed by atoms with E-state index in [9.17, 15) is 24.8 Å². The van der Waals surface area contributed by atoms with Gasteiger partial charge in [0.05, 0.1) is 11.0 Å². The molecule has 0 spiro atoms. The Bertz CT molecular complexity index is 969. The average molecular weight is 425 g/mol. The van der Waals surface area contributed by atoms with Gasteiger partial charge in [-0.25, -0.2) is 9.59 Å². The van der Waals surface area contributed by atoms with Crippen molar-refractivity contribution in [1.29, 1.82) is 0 Å². The number of carboxylic acid groups (broad SMARTS) is 1. The number of nitrogens with zero attached hydrogens (tertiary/aromatic N) is 1. The lowest BCUT2D eigenvalue weighted by Crippen LogP contribution is -2.42. The second kappa shape index (κ2) is 7.91. The van der Waals surface area contributed by atoms with Gasteiger partial charge in [0.25, 0.3) is 5.69 Å². The zero-order valence-corrected chi connectivity index (χ0v) is 15.6. The van der Waals surface area contributed by atoms with E-state index in [1.807, 2.05) is 0 Å². The van der Waals surface area contributed by atoms with Crippen molar-refractivity contribution in [3.63, 3.8) is 0 Å². The van der Waals surface area contributed by atoms with Crippen molar-refractivity contribution < 1.29 is 19.6 Å². The van der Waals surface area contributed by atoms with Gasteiger partial charge in [-0.15, -0.1) is 0 Å². The highest BCUT2D eigenvalue weighted by Crippen LogP contribution is 2.40. The molecular weight excluding hydrogens is 411 g/mol. The molecule has 28 heavy (non-hydrogen) atoms. The second-order valence-corrected chi connectivity index (χ2v) is 6.89. The number of halogens is 2. The molecule has 0 saturated heterocycles. The van der Waals surface area contributed by atoms with Crippen LogP contribution in [0.25, 0.3) is 0 Å². The number of para-hydroxylation sites is 2. The maximum atomic E-state index is 12.4. The Labute approximate surface area is 168 Å². The molecule has 0 radical (unpaired) electrons. The monoisotopic (exact) mass is 424 g/mol. The number of nitro benzene ring substituents is 1. The van der Waals surface area contributed by atoms with Gasteiger partial charge in [0, 0.05) is 33.8 Å². The molecule has 146 valence electrons. The van der Waals surface area contributed by atoms with Gasteiger partial charge < -0.3 is 21.1 Å². The maximum Gasteiger partial charge on any atom is 0.326 e. The molecule has 0 saturated carbocycles. The smallest absolute Gasteiger partial charge is 0.326 e. The van der Waals surface area contributed by atoms with Gasteiger partial charge in [-0.2, -0.15) is 0 Å². The molecule has 0 aromatic heterocycles. The molecule has 2 unspecified atom stereocenters. The quantitative estimate of drug-likeness (QED) is 0.432. The number of rotatable bonds is 4. The third-order valence-electron chi connectivity index (χ3n) is 4.20. The standard InChI is InChI=1S/C17H14Cl2N4O5/c18-8-5-9(19)15-11(6-8)20-13(16(24)25)7-12(15)22-17(26)21-10-3-1-2-4-14(10)23(27)28/h1-6,12-13,20H,7H2,(H,24,25)(H2,21,22,26). The molecule has 9 nitrogen and oxygen atoms in total. The highest BCUT2D eigenvalue weighted by Gasteiger charge is 2.33. The maximum absolute atomic E-state index is 12.4. The van der Waals surface area contributed by atoms with Crippen molar-refractivity contribution in [2.45, 2.75) is 18.5 Å². The average Bonchev–Trinajstić information content (AvgIpc) is 2.60. The van der Waals surface area contributed by atoms with Crippen molar-refractivity contribution in [2.24, 2.45) is 0 Å². The van der Waals surface area contributed by atoms with Gasteiger partial charge in [0.1, 0.15) is 11.7 Å². The van der Waals surface area contributed by atoms with Crippen molar-refractivity contribution in [2.75, 3.05) is 10.6 Å². The number of hydrogen-bond donors (Lipinski definition) is 4. The number of hydrogen-bond acceptors (Lipinski definition) is 5.